The van der Waals surface area contributed by atoms with Gasteiger partial charge in [0, 0.05) is 45.6 Å². The second-order valence-corrected chi connectivity index (χ2v) is 6.80. The van der Waals surface area contributed by atoms with E-state index in [4.69, 9.17) is 0 Å². The first-order valence-corrected chi connectivity index (χ1v) is 9.18. The van der Waals surface area contributed by atoms with E-state index in [-0.39, 0.29) is 23.8 Å². The van der Waals surface area contributed by atoms with Gasteiger partial charge in [0.2, 0.25) is 17.7 Å². The fraction of sp³-hybridized carbons (Fsp3) is 0.611. The summed E-state index contributed by atoms with van der Waals surface area (Å²) in [6.45, 7) is 3.75. The van der Waals surface area contributed by atoms with Crippen molar-refractivity contribution in [1.82, 2.24) is 25.1 Å². The largest absolute Gasteiger partial charge is 0.351 e. The van der Waals surface area contributed by atoms with Crippen LogP contribution in [-0.2, 0) is 20.9 Å². The lowest BCUT2D eigenvalue weighted by Crippen LogP contribution is -2.35. The monoisotopic (exact) mass is 359 g/mol. The standard InChI is InChI=1S/C18H25N5O3/c1-13(24)20-12-14-6-8-19-18(21-14)15-4-2-10-23(15)17(26)7-11-22-9-3-5-16(22)25/h6,8,15H,2-5,7,9-12H2,1H3,(H,20,24). The van der Waals surface area contributed by atoms with Crippen molar-refractivity contribution in [3.8, 4) is 0 Å². The van der Waals surface area contributed by atoms with E-state index in [1.165, 1.54) is 6.92 Å². The summed E-state index contributed by atoms with van der Waals surface area (Å²) in [5, 5.41) is 2.72. The van der Waals surface area contributed by atoms with E-state index in [0.717, 1.165) is 31.5 Å². The van der Waals surface area contributed by atoms with Gasteiger partial charge in [-0.25, -0.2) is 9.97 Å². The molecule has 3 heterocycles. The maximum absolute atomic E-state index is 12.7. The Hall–Kier alpha value is -2.51. The highest BCUT2D eigenvalue weighted by Gasteiger charge is 2.32. The Morgan fingerprint density at radius 1 is 1.31 bits per heavy atom. The van der Waals surface area contributed by atoms with Crippen LogP contribution < -0.4 is 5.32 Å². The zero-order valence-corrected chi connectivity index (χ0v) is 15.1. The molecule has 2 aliphatic heterocycles. The van der Waals surface area contributed by atoms with Crippen LogP contribution in [-0.4, -0.2) is 57.1 Å². The Kier molecular flexibility index (Phi) is 5.80. The first kappa shape index (κ1) is 18.3. The Bertz CT molecular complexity index is 693. The number of hydrogen-bond donors (Lipinski definition) is 1. The number of nitrogens with one attached hydrogen (secondary N) is 1. The lowest BCUT2D eigenvalue weighted by Gasteiger charge is -2.25. The molecule has 2 saturated heterocycles. The molecule has 3 rings (SSSR count). The van der Waals surface area contributed by atoms with E-state index in [0.29, 0.717) is 38.3 Å². The molecule has 1 unspecified atom stereocenters. The Morgan fingerprint density at radius 2 is 2.15 bits per heavy atom. The summed E-state index contributed by atoms with van der Waals surface area (Å²) < 4.78 is 0. The van der Waals surface area contributed by atoms with Crippen LogP contribution in [0.5, 0.6) is 0 Å². The van der Waals surface area contributed by atoms with Gasteiger partial charge < -0.3 is 15.1 Å². The van der Waals surface area contributed by atoms with Crippen LogP contribution >= 0.6 is 0 Å². The predicted molar refractivity (Wildman–Crippen MR) is 93.7 cm³/mol. The second kappa shape index (κ2) is 8.25. The molecule has 2 fully saturated rings. The number of carbonyl (C=O) groups excluding carboxylic acids is 3. The summed E-state index contributed by atoms with van der Waals surface area (Å²) >= 11 is 0. The quantitative estimate of drug-likeness (QED) is 0.810. The molecule has 0 radical (unpaired) electrons. The number of rotatable bonds is 6. The molecule has 1 aromatic heterocycles. The van der Waals surface area contributed by atoms with Gasteiger partial charge >= 0.3 is 0 Å². The predicted octanol–water partition coefficient (Wildman–Crippen LogP) is 0.789. The van der Waals surface area contributed by atoms with Crippen LogP contribution in [0.4, 0.5) is 0 Å². The summed E-state index contributed by atoms with van der Waals surface area (Å²) in [5.74, 6) is 0.697. The van der Waals surface area contributed by atoms with Gasteiger partial charge in [-0.05, 0) is 25.3 Å². The van der Waals surface area contributed by atoms with Gasteiger partial charge in [0.15, 0.2) is 5.82 Å². The van der Waals surface area contributed by atoms with Crippen LogP contribution in [0.2, 0.25) is 0 Å². The van der Waals surface area contributed by atoms with Crippen LogP contribution in [0.1, 0.15) is 56.6 Å². The maximum atomic E-state index is 12.7. The molecule has 0 spiro atoms. The van der Waals surface area contributed by atoms with Gasteiger partial charge in [-0.3, -0.25) is 14.4 Å². The minimum absolute atomic E-state index is 0.0445. The average molecular weight is 359 g/mol. The first-order chi connectivity index (χ1) is 12.5. The van der Waals surface area contributed by atoms with Gasteiger partial charge in [0.1, 0.15) is 0 Å². The van der Waals surface area contributed by atoms with Crippen molar-refractivity contribution in [3.63, 3.8) is 0 Å². The lowest BCUT2D eigenvalue weighted by atomic mass is 10.2. The minimum atomic E-state index is -0.131. The molecular weight excluding hydrogens is 334 g/mol. The van der Waals surface area contributed by atoms with E-state index in [1.807, 2.05) is 4.90 Å². The van der Waals surface area contributed by atoms with Crippen molar-refractivity contribution >= 4 is 17.7 Å². The van der Waals surface area contributed by atoms with Gasteiger partial charge in [-0.2, -0.15) is 0 Å². The molecule has 26 heavy (non-hydrogen) atoms. The van der Waals surface area contributed by atoms with E-state index in [2.05, 4.69) is 15.3 Å². The molecule has 8 nitrogen and oxygen atoms in total. The summed E-state index contributed by atoms with van der Waals surface area (Å²) in [7, 11) is 0. The number of aromatic nitrogens is 2. The SMILES string of the molecule is CC(=O)NCc1ccnc(C2CCCN2C(=O)CCN2CCCC2=O)n1. The number of amides is 3. The fourth-order valence-corrected chi connectivity index (χ4v) is 3.54. The number of hydrogen-bond acceptors (Lipinski definition) is 5. The first-order valence-electron chi connectivity index (χ1n) is 9.18. The van der Waals surface area contributed by atoms with Crippen LogP contribution in [0.3, 0.4) is 0 Å². The molecule has 1 N–H and O–H groups in total. The smallest absolute Gasteiger partial charge is 0.224 e. The lowest BCUT2D eigenvalue weighted by molar-refractivity contribution is -0.133. The van der Waals surface area contributed by atoms with Crippen LogP contribution in [0, 0.1) is 0 Å². The van der Waals surface area contributed by atoms with Gasteiger partial charge in [0.25, 0.3) is 0 Å². The van der Waals surface area contributed by atoms with Crippen molar-refractivity contribution in [2.75, 3.05) is 19.6 Å². The summed E-state index contributed by atoms with van der Waals surface area (Å²) in [6.07, 6.45) is 5.23. The minimum Gasteiger partial charge on any atom is -0.351 e. The van der Waals surface area contributed by atoms with E-state index >= 15 is 0 Å². The van der Waals surface area contributed by atoms with Crippen molar-refractivity contribution in [3.05, 3.63) is 23.8 Å². The van der Waals surface area contributed by atoms with Gasteiger partial charge in [0.05, 0.1) is 18.3 Å². The molecule has 2 aliphatic rings. The topological polar surface area (TPSA) is 95.5 Å². The molecule has 0 aliphatic carbocycles. The molecule has 0 aromatic carbocycles. The Balaban J connectivity index is 1.62. The average Bonchev–Trinajstić information content (AvgIpc) is 3.27. The third-order valence-electron chi connectivity index (χ3n) is 4.89. The molecule has 0 bridgehead atoms. The normalized spacial score (nSPS) is 19.9. The molecule has 3 amide bonds. The number of carbonyl (C=O) groups is 3. The van der Waals surface area contributed by atoms with Crippen LogP contribution in [0.25, 0.3) is 0 Å². The highest BCUT2D eigenvalue weighted by atomic mass is 16.2. The third-order valence-corrected chi connectivity index (χ3v) is 4.89. The zero-order chi connectivity index (χ0) is 18.5. The van der Waals surface area contributed by atoms with Gasteiger partial charge in [-0.15, -0.1) is 0 Å². The molecular formula is C18H25N5O3. The highest BCUT2D eigenvalue weighted by Crippen LogP contribution is 2.30. The summed E-state index contributed by atoms with van der Waals surface area (Å²) in [5.41, 5.74) is 0.729. The van der Waals surface area contributed by atoms with Crippen molar-refractivity contribution in [2.45, 2.75) is 51.6 Å². The van der Waals surface area contributed by atoms with E-state index in [9.17, 15) is 14.4 Å². The molecule has 140 valence electrons. The fourth-order valence-electron chi connectivity index (χ4n) is 3.54. The Labute approximate surface area is 153 Å². The number of nitrogens with zero attached hydrogens (tertiary/aromatic N) is 4. The summed E-state index contributed by atoms with van der Waals surface area (Å²) in [4.78, 5) is 47.9. The molecule has 0 saturated carbocycles. The molecule has 1 atom stereocenters. The Morgan fingerprint density at radius 3 is 2.88 bits per heavy atom. The maximum Gasteiger partial charge on any atom is 0.224 e. The summed E-state index contributed by atoms with van der Waals surface area (Å²) in [6, 6.07) is 1.63. The third kappa shape index (κ3) is 4.36. The molecule has 1 aromatic rings. The highest BCUT2D eigenvalue weighted by molar-refractivity contribution is 5.80. The van der Waals surface area contributed by atoms with Crippen molar-refractivity contribution in [1.29, 1.82) is 0 Å². The van der Waals surface area contributed by atoms with Crippen LogP contribution in [0.15, 0.2) is 12.3 Å². The number of likely N-dealkylation sites (tertiary alicyclic amines) is 2. The van der Waals surface area contributed by atoms with Crippen molar-refractivity contribution < 1.29 is 14.4 Å². The molecule has 8 heteroatoms. The van der Waals surface area contributed by atoms with Gasteiger partial charge in [-0.1, -0.05) is 0 Å². The zero-order valence-electron chi connectivity index (χ0n) is 15.1. The van der Waals surface area contributed by atoms with E-state index < -0.39 is 0 Å². The van der Waals surface area contributed by atoms with Crippen molar-refractivity contribution in [2.24, 2.45) is 0 Å². The second-order valence-electron chi connectivity index (χ2n) is 6.80. The van der Waals surface area contributed by atoms with E-state index in [1.54, 1.807) is 17.2 Å².